The minimum Gasteiger partial charge on any atom is -0.493 e. The van der Waals surface area contributed by atoms with Crippen molar-refractivity contribution in [2.24, 2.45) is 0 Å². The Morgan fingerprint density at radius 2 is 1.68 bits per heavy atom. The minimum absolute atomic E-state index is 0.0528. The fraction of sp³-hybridized carbons (Fsp3) is 0.185. The van der Waals surface area contributed by atoms with E-state index in [9.17, 15) is 9.59 Å². The molecule has 1 amide bonds. The summed E-state index contributed by atoms with van der Waals surface area (Å²) in [6.45, 7) is 3.48. The van der Waals surface area contributed by atoms with E-state index < -0.39 is 5.91 Å². The van der Waals surface area contributed by atoms with Crippen LogP contribution in [0.25, 0.3) is 22.3 Å². The number of nitrogens with one attached hydrogen (secondary N) is 1. The molecule has 0 saturated heterocycles. The van der Waals surface area contributed by atoms with Crippen molar-refractivity contribution in [1.82, 2.24) is 0 Å². The molecule has 0 unspecified atom stereocenters. The second kappa shape index (κ2) is 9.70. The van der Waals surface area contributed by atoms with Crippen LogP contribution in [0.5, 0.6) is 17.2 Å². The van der Waals surface area contributed by atoms with Gasteiger partial charge >= 0.3 is 0 Å². The number of hydrogen-bond acceptors (Lipinski definition) is 6. The highest BCUT2D eigenvalue weighted by Crippen LogP contribution is 2.36. The fourth-order valence-corrected chi connectivity index (χ4v) is 3.64. The lowest BCUT2D eigenvalue weighted by molar-refractivity contribution is -0.118. The molecule has 0 spiro atoms. The zero-order valence-electron chi connectivity index (χ0n) is 19.4. The molecule has 0 saturated carbocycles. The zero-order chi connectivity index (χ0) is 24.2. The summed E-state index contributed by atoms with van der Waals surface area (Å²) >= 11 is 0. The molecule has 34 heavy (non-hydrogen) atoms. The SMILES string of the molecule is COc1ccc(-c2oc3cc(C)ccc3c(=O)c2OCC(=O)Nc2cccc(C)c2)cc1OC. The predicted octanol–water partition coefficient (Wildman–Crippen LogP) is 5.11. The molecular formula is C27H25NO6. The van der Waals surface area contributed by atoms with Crippen LogP contribution < -0.4 is 25.0 Å². The number of ether oxygens (including phenoxy) is 3. The summed E-state index contributed by atoms with van der Waals surface area (Å²) in [4.78, 5) is 25.9. The van der Waals surface area contributed by atoms with Crippen LogP contribution in [0.4, 0.5) is 5.69 Å². The van der Waals surface area contributed by atoms with Gasteiger partial charge in [-0.05, 0) is 67.4 Å². The highest BCUT2D eigenvalue weighted by molar-refractivity contribution is 5.92. The normalized spacial score (nSPS) is 10.7. The van der Waals surface area contributed by atoms with Gasteiger partial charge in [0.15, 0.2) is 23.9 Å². The van der Waals surface area contributed by atoms with Crippen molar-refractivity contribution in [2.75, 3.05) is 26.1 Å². The van der Waals surface area contributed by atoms with E-state index in [-0.39, 0.29) is 23.5 Å². The second-order valence-corrected chi connectivity index (χ2v) is 7.87. The van der Waals surface area contributed by atoms with Gasteiger partial charge in [-0.25, -0.2) is 0 Å². The molecule has 7 nitrogen and oxygen atoms in total. The molecule has 0 radical (unpaired) electrons. The topological polar surface area (TPSA) is 87.0 Å². The van der Waals surface area contributed by atoms with Crippen LogP contribution >= 0.6 is 0 Å². The maximum Gasteiger partial charge on any atom is 0.262 e. The second-order valence-electron chi connectivity index (χ2n) is 7.87. The molecule has 3 aromatic carbocycles. The van der Waals surface area contributed by atoms with Crippen molar-refractivity contribution in [3.05, 3.63) is 82.0 Å². The molecule has 1 heterocycles. The van der Waals surface area contributed by atoms with E-state index in [4.69, 9.17) is 18.6 Å². The van der Waals surface area contributed by atoms with Gasteiger partial charge in [-0.2, -0.15) is 0 Å². The maximum absolute atomic E-state index is 13.4. The number of carbonyl (C=O) groups excluding carboxylic acids is 1. The number of fused-ring (bicyclic) bond motifs is 1. The Balaban J connectivity index is 1.74. The van der Waals surface area contributed by atoms with Crippen LogP contribution in [0.2, 0.25) is 0 Å². The van der Waals surface area contributed by atoms with E-state index in [1.807, 2.05) is 38.1 Å². The Bertz CT molecular complexity index is 1420. The van der Waals surface area contributed by atoms with Gasteiger partial charge in [-0.3, -0.25) is 9.59 Å². The van der Waals surface area contributed by atoms with Crippen LogP contribution in [-0.2, 0) is 4.79 Å². The maximum atomic E-state index is 13.4. The number of anilines is 1. The molecule has 0 aliphatic rings. The first-order valence-electron chi connectivity index (χ1n) is 10.7. The summed E-state index contributed by atoms with van der Waals surface area (Å²) in [5, 5.41) is 3.14. The van der Waals surface area contributed by atoms with Crippen LogP contribution in [0, 0.1) is 13.8 Å². The molecule has 1 aromatic heterocycles. The van der Waals surface area contributed by atoms with Crippen molar-refractivity contribution >= 4 is 22.6 Å². The van der Waals surface area contributed by atoms with Crippen LogP contribution in [0.15, 0.2) is 69.9 Å². The quantitative estimate of drug-likeness (QED) is 0.413. The minimum atomic E-state index is -0.396. The van der Waals surface area contributed by atoms with Crippen molar-refractivity contribution in [2.45, 2.75) is 13.8 Å². The van der Waals surface area contributed by atoms with Gasteiger partial charge in [0.1, 0.15) is 5.58 Å². The van der Waals surface area contributed by atoms with Crippen LogP contribution in [0.1, 0.15) is 11.1 Å². The highest BCUT2D eigenvalue weighted by atomic mass is 16.5. The van der Waals surface area contributed by atoms with Crippen LogP contribution in [0.3, 0.4) is 0 Å². The molecule has 0 fully saturated rings. The number of hydrogen-bond donors (Lipinski definition) is 1. The summed E-state index contributed by atoms with van der Waals surface area (Å²) < 4.78 is 22.6. The van der Waals surface area contributed by atoms with Gasteiger partial charge in [-0.1, -0.05) is 18.2 Å². The Hall–Kier alpha value is -4.26. The molecule has 0 bridgehead atoms. The van der Waals surface area contributed by atoms with Gasteiger partial charge in [0, 0.05) is 11.3 Å². The Morgan fingerprint density at radius 1 is 0.912 bits per heavy atom. The lowest BCUT2D eigenvalue weighted by atomic mass is 10.1. The van der Waals surface area contributed by atoms with Crippen molar-refractivity contribution in [3.8, 4) is 28.6 Å². The first-order chi connectivity index (χ1) is 16.4. The van der Waals surface area contributed by atoms with Crippen molar-refractivity contribution in [1.29, 1.82) is 0 Å². The fourth-order valence-electron chi connectivity index (χ4n) is 3.64. The Kier molecular flexibility index (Phi) is 6.54. The third kappa shape index (κ3) is 4.73. The van der Waals surface area contributed by atoms with Gasteiger partial charge in [0.25, 0.3) is 5.91 Å². The number of amides is 1. The van der Waals surface area contributed by atoms with Gasteiger partial charge in [0.2, 0.25) is 11.2 Å². The van der Waals surface area contributed by atoms with Gasteiger partial charge in [0.05, 0.1) is 19.6 Å². The summed E-state index contributed by atoms with van der Waals surface area (Å²) in [5.74, 6) is 0.753. The molecule has 4 rings (SSSR count). The average Bonchev–Trinajstić information content (AvgIpc) is 2.82. The van der Waals surface area contributed by atoms with E-state index in [2.05, 4.69) is 5.32 Å². The zero-order valence-corrected chi connectivity index (χ0v) is 19.4. The molecule has 4 aromatic rings. The molecule has 0 atom stereocenters. The lowest BCUT2D eigenvalue weighted by Crippen LogP contribution is -2.22. The number of rotatable bonds is 7. The predicted molar refractivity (Wildman–Crippen MR) is 131 cm³/mol. The average molecular weight is 459 g/mol. The van der Waals surface area contributed by atoms with Crippen LogP contribution in [-0.4, -0.2) is 26.7 Å². The summed E-state index contributed by atoms with van der Waals surface area (Å²) in [7, 11) is 3.06. The van der Waals surface area contributed by atoms with Gasteiger partial charge < -0.3 is 23.9 Å². The van der Waals surface area contributed by atoms with E-state index in [1.165, 1.54) is 14.2 Å². The molecule has 1 N–H and O–H groups in total. The molecule has 0 aliphatic carbocycles. The number of aryl methyl sites for hydroxylation is 2. The van der Waals surface area contributed by atoms with Crippen molar-refractivity contribution in [3.63, 3.8) is 0 Å². The van der Waals surface area contributed by atoms with Crippen molar-refractivity contribution < 1.29 is 23.4 Å². The summed E-state index contributed by atoms with van der Waals surface area (Å²) in [6, 6.07) is 17.9. The third-order valence-electron chi connectivity index (χ3n) is 5.30. The number of methoxy groups -OCH3 is 2. The van der Waals surface area contributed by atoms with E-state index in [0.717, 1.165) is 11.1 Å². The first kappa shape index (κ1) is 22.9. The smallest absolute Gasteiger partial charge is 0.262 e. The van der Waals surface area contributed by atoms with E-state index in [0.29, 0.717) is 33.7 Å². The third-order valence-corrected chi connectivity index (χ3v) is 5.30. The van der Waals surface area contributed by atoms with Gasteiger partial charge in [-0.15, -0.1) is 0 Å². The first-order valence-corrected chi connectivity index (χ1v) is 10.7. The van der Waals surface area contributed by atoms with E-state index >= 15 is 0 Å². The lowest BCUT2D eigenvalue weighted by Gasteiger charge is -2.14. The standard InChI is InChI=1S/C27H25NO6/c1-16-6-5-7-19(12-16)28-24(29)15-33-27-25(30)20-10-8-17(2)13-22(20)34-26(27)18-9-11-21(31-3)23(14-18)32-4/h5-14H,15H2,1-4H3,(H,28,29). The molecule has 0 aliphatic heterocycles. The Morgan fingerprint density at radius 3 is 2.41 bits per heavy atom. The molecule has 7 heteroatoms. The Labute approximate surface area is 196 Å². The number of carbonyl (C=O) groups is 1. The summed E-state index contributed by atoms with van der Waals surface area (Å²) in [5.41, 5.74) is 3.21. The largest absolute Gasteiger partial charge is 0.493 e. The molecule has 174 valence electrons. The molecular weight excluding hydrogens is 434 g/mol. The summed E-state index contributed by atoms with van der Waals surface area (Å²) in [6.07, 6.45) is 0. The van der Waals surface area contributed by atoms with E-state index in [1.54, 1.807) is 36.4 Å². The number of benzene rings is 3. The monoisotopic (exact) mass is 459 g/mol. The highest BCUT2D eigenvalue weighted by Gasteiger charge is 2.20.